The topological polar surface area (TPSA) is 79.5 Å². The van der Waals surface area contributed by atoms with E-state index < -0.39 is 0 Å². The van der Waals surface area contributed by atoms with E-state index in [1.165, 1.54) is 0 Å². The number of amidine groups is 1. The summed E-state index contributed by atoms with van der Waals surface area (Å²) in [5, 5.41) is 6.41. The highest BCUT2D eigenvalue weighted by atomic mass is 16.1. The van der Waals surface area contributed by atoms with Crippen molar-refractivity contribution in [3.63, 3.8) is 0 Å². The second kappa shape index (κ2) is 2.38. The highest BCUT2D eigenvalue weighted by Crippen LogP contribution is 1.92. The number of nitrogens with two attached hydrogens (primary N) is 1. The zero-order valence-corrected chi connectivity index (χ0v) is 5.51. The smallest absolute Gasteiger partial charge is 0.170 e. The molecule has 0 amide bonds. The molecule has 0 saturated carbocycles. The van der Waals surface area contributed by atoms with Crippen molar-refractivity contribution in [2.45, 2.75) is 6.92 Å². The van der Waals surface area contributed by atoms with E-state index in [2.05, 4.69) is 15.8 Å². The molecule has 1 rings (SSSR count). The van der Waals surface area contributed by atoms with E-state index in [0.717, 1.165) is 0 Å². The lowest BCUT2D eigenvalue weighted by Gasteiger charge is -2.13. The Bertz CT molecular complexity index is 218. The summed E-state index contributed by atoms with van der Waals surface area (Å²) in [5.41, 5.74) is 8.13. The molecule has 1 aliphatic heterocycles. The molecule has 5 heteroatoms. The summed E-state index contributed by atoms with van der Waals surface area (Å²) in [5.74, 6) is 0.872. The fourth-order valence-electron chi connectivity index (χ4n) is 0.587. The van der Waals surface area contributed by atoms with Gasteiger partial charge in [-0.3, -0.25) is 10.2 Å². The first-order chi connectivity index (χ1) is 4.74. The Kier molecular flexibility index (Phi) is 1.57. The van der Waals surface area contributed by atoms with Crippen LogP contribution in [0.25, 0.3) is 0 Å². The maximum absolute atomic E-state index is 10.2. The SMILES string of the molecule is CC1=NNC(N)=C(C=O)N1. The quantitative estimate of drug-likeness (QED) is 0.401. The number of hydrazone groups is 1. The summed E-state index contributed by atoms with van der Waals surface area (Å²) >= 11 is 0. The predicted molar refractivity (Wildman–Crippen MR) is 36.7 cm³/mol. The van der Waals surface area contributed by atoms with Gasteiger partial charge in [0.05, 0.1) is 0 Å². The van der Waals surface area contributed by atoms with Gasteiger partial charge in [-0.05, 0) is 6.92 Å². The molecule has 0 fully saturated rings. The van der Waals surface area contributed by atoms with Crippen molar-refractivity contribution in [3.05, 3.63) is 11.5 Å². The largest absolute Gasteiger partial charge is 0.382 e. The molecular weight excluding hydrogens is 132 g/mol. The molecule has 0 bridgehead atoms. The lowest BCUT2D eigenvalue weighted by molar-refractivity contribution is -0.105. The number of nitrogens with one attached hydrogen (secondary N) is 2. The maximum atomic E-state index is 10.2. The molecule has 0 atom stereocenters. The number of allylic oxidation sites excluding steroid dienone is 1. The Labute approximate surface area is 58.0 Å². The Balaban J connectivity index is 2.78. The molecule has 0 saturated heterocycles. The van der Waals surface area contributed by atoms with Crippen molar-refractivity contribution < 1.29 is 4.79 Å². The van der Waals surface area contributed by atoms with Crippen LogP contribution in [0.3, 0.4) is 0 Å². The summed E-state index contributed by atoms with van der Waals surface area (Å²) < 4.78 is 0. The number of hydrogen-bond acceptors (Lipinski definition) is 5. The van der Waals surface area contributed by atoms with Crippen molar-refractivity contribution in [2.75, 3.05) is 0 Å². The van der Waals surface area contributed by atoms with Gasteiger partial charge in [0, 0.05) is 0 Å². The van der Waals surface area contributed by atoms with Gasteiger partial charge < -0.3 is 11.1 Å². The third-order valence-electron chi connectivity index (χ3n) is 1.07. The third kappa shape index (κ3) is 1.07. The highest BCUT2D eigenvalue weighted by molar-refractivity contribution is 5.89. The van der Waals surface area contributed by atoms with Crippen LogP contribution in [0.15, 0.2) is 16.6 Å². The zero-order valence-electron chi connectivity index (χ0n) is 5.51. The minimum Gasteiger partial charge on any atom is -0.382 e. The van der Waals surface area contributed by atoms with Crippen LogP contribution in [-0.2, 0) is 4.79 Å². The molecule has 10 heavy (non-hydrogen) atoms. The van der Waals surface area contributed by atoms with Gasteiger partial charge in [-0.25, -0.2) is 0 Å². The van der Waals surface area contributed by atoms with Crippen molar-refractivity contribution in [3.8, 4) is 0 Å². The van der Waals surface area contributed by atoms with Crippen molar-refractivity contribution in [2.24, 2.45) is 10.8 Å². The minimum absolute atomic E-state index is 0.251. The van der Waals surface area contributed by atoms with Crippen molar-refractivity contribution in [1.29, 1.82) is 0 Å². The van der Waals surface area contributed by atoms with Gasteiger partial charge in [0.1, 0.15) is 17.4 Å². The van der Waals surface area contributed by atoms with Crippen LogP contribution in [0.5, 0.6) is 0 Å². The van der Waals surface area contributed by atoms with Gasteiger partial charge in [0.2, 0.25) is 0 Å². The average molecular weight is 140 g/mol. The van der Waals surface area contributed by atoms with E-state index in [4.69, 9.17) is 5.73 Å². The first kappa shape index (κ1) is 6.60. The Morgan fingerprint density at radius 3 is 2.90 bits per heavy atom. The second-order valence-electron chi connectivity index (χ2n) is 1.88. The fraction of sp³-hybridized carbons (Fsp3) is 0.200. The van der Waals surface area contributed by atoms with E-state index in [-0.39, 0.29) is 5.82 Å². The highest BCUT2D eigenvalue weighted by Gasteiger charge is 2.06. The molecular formula is C5H8N4O. The lowest BCUT2D eigenvalue weighted by Crippen LogP contribution is -2.35. The number of nitrogens with zero attached hydrogens (tertiary/aromatic N) is 1. The Morgan fingerprint density at radius 2 is 2.40 bits per heavy atom. The number of carbonyl (C=O) groups excluding carboxylic acids is 1. The van der Waals surface area contributed by atoms with Gasteiger partial charge in [0.25, 0.3) is 0 Å². The number of aldehydes is 1. The monoisotopic (exact) mass is 140 g/mol. The van der Waals surface area contributed by atoms with Crippen LogP contribution in [-0.4, -0.2) is 12.1 Å². The predicted octanol–water partition coefficient (Wildman–Crippen LogP) is -1.16. The first-order valence-corrected chi connectivity index (χ1v) is 2.76. The van der Waals surface area contributed by atoms with Gasteiger partial charge in [-0.1, -0.05) is 0 Å². The normalized spacial score (nSPS) is 17.1. The first-order valence-electron chi connectivity index (χ1n) is 2.76. The van der Waals surface area contributed by atoms with Gasteiger partial charge in [-0.2, -0.15) is 5.10 Å². The second-order valence-corrected chi connectivity index (χ2v) is 1.88. The summed E-state index contributed by atoms with van der Waals surface area (Å²) in [6.45, 7) is 1.73. The standard InChI is InChI=1S/C5H8N4O/c1-3-7-4(2-10)5(6)9-8-3/h2,9H,6H2,1H3,(H,7,8). The number of rotatable bonds is 1. The molecule has 0 aliphatic carbocycles. The van der Waals surface area contributed by atoms with Gasteiger partial charge in [-0.15, -0.1) is 0 Å². The van der Waals surface area contributed by atoms with Crippen LogP contribution in [0.1, 0.15) is 6.92 Å². The van der Waals surface area contributed by atoms with E-state index >= 15 is 0 Å². The van der Waals surface area contributed by atoms with E-state index in [1.54, 1.807) is 6.92 Å². The summed E-state index contributed by atoms with van der Waals surface area (Å²) in [6, 6.07) is 0. The lowest BCUT2D eigenvalue weighted by atomic mass is 10.4. The molecule has 1 heterocycles. The fourth-order valence-corrected chi connectivity index (χ4v) is 0.587. The van der Waals surface area contributed by atoms with E-state index in [0.29, 0.717) is 17.8 Å². The van der Waals surface area contributed by atoms with Crippen molar-refractivity contribution in [1.82, 2.24) is 10.7 Å². The average Bonchev–Trinajstić information content (AvgIpc) is 1.94. The summed E-state index contributed by atoms with van der Waals surface area (Å²) in [6.07, 6.45) is 0.639. The van der Waals surface area contributed by atoms with Crippen LogP contribution >= 0.6 is 0 Å². The summed E-state index contributed by atoms with van der Waals surface area (Å²) in [4.78, 5) is 10.2. The summed E-state index contributed by atoms with van der Waals surface area (Å²) in [7, 11) is 0. The molecule has 0 radical (unpaired) electrons. The van der Waals surface area contributed by atoms with E-state index in [9.17, 15) is 4.79 Å². The molecule has 0 aromatic carbocycles. The molecule has 1 aliphatic rings. The van der Waals surface area contributed by atoms with Crippen LogP contribution in [0.4, 0.5) is 0 Å². The molecule has 54 valence electrons. The van der Waals surface area contributed by atoms with Crippen LogP contribution in [0, 0.1) is 0 Å². The molecule has 0 aromatic rings. The Morgan fingerprint density at radius 1 is 1.70 bits per heavy atom. The Hall–Kier alpha value is -1.52. The van der Waals surface area contributed by atoms with Gasteiger partial charge in [0.15, 0.2) is 6.29 Å². The molecule has 0 aromatic heterocycles. The third-order valence-corrected chi connectivity index (χ3v) is 1.07. The molecule has 0 unspecified atom stereocenters. The number of hydrogen-bond donors (Lipinski definition) is 3. The molecule has 5 nitrogen and oxygen atoms in total. The number of carbonyl (C=O) groups is 1. The maximum Gasteiger partial charge on any atom is 0.170 e. The van der Waals surface area contributed by atoms with Crippen LogP contribution < -0.4 is 16.5 Å². The minimum atomic E-state index is 0.251. The van der Waals surface area contributed by atoms with Gasteiger partial charge >= 0.3 is 0 Å². The molecule has 4 N–H and O–H groups in total. The van der Waals surface area contributed by atoms with Crippen molar-refractivity contribution >= 4 is 12.1 Å². The zero-order chi connectivity index (χ0) is 7.56. The van der Waals surface area contributed by atoms with E-state index in [1.807, 2.05) is 0 Å². The van der Waals surface area contributed by atoms with Crippen LogP contribution in [0.2, 0.25) is 0 Å². The molecule has 0 spiro atoms.